The normalized spacial score (nSPS) is 12.5. The number of aryl methyl sites for hydroxylation is 2. The first-order chi connectivity index (χ1) is 14.8. The summed E-state index contributed by atoms with van der Waals surface area (Å²) in [5.41, 5.74) is 3.15. The van der Waals surface area contributed by atoms with Crippen LogP contribution < -0.4 is 10.6 Å². The van der Waals surface area contributed by atoms with Crippen molar-refractivity contribution in [2.24, 2.45) is 4.99 Å². The third-order valence-corrected chi connectivity index (χ3v) is 6.91. The third-order valence-electron chi connectivity index (χ3n) is 5.08. The Labute approximate surface area is 184 Å². The molecule has 0 amide bonds. The molecule has 3 rings (SSSR count). The van der Waals surface area contributed by atoms with Crippen LogP contribution in [0.5, 0.6) is 0 Å². The lowest BCUT2D eigenvalue weighted by Crippen LogP contribution is -2.37. The Morgan fingerprint density at radius 2 is 1.81 bits per heavy atom. The molecule has 2 aromatic carbocycles. The smallest absolute Gasteiger partial charge is 0.242 e. The van der Waals surface area contributed by atoms with Crippen LogP contribution in [0.3, 0.4) is 0 Å². The second kappa shape index (κ2) is 9.93. The van der Waals surface area contributed by atoms with Crippen molar-refractivity contribution in [1.82, 2.24) is 24.5 Å². The minimum Gasteiger partial charge on any atom is -0.356 e. The molecule has 2 N–H and O–H groups in total. The molecule has 0 spiro atoms. The first-order valence-corrected chi connectivity index (χ1v) is 11.6. The zero-order valence-corrected chi connectivity index (χ0v) is 19.3. The van der Waals surface area contributed by atoms with Gasteiger partial charge in [0.15, 0.2) is 5.96 Å². The molecule has 0 aliphatic rings. The lowest BCUT2D eigenvalue weighted by molar-refractivity contribution is 0.520. The monoisotopic (exact) mass is 442 g/mol. The molecule has 0 atom stereocenters. The molecule has 0 fully saturated rings. The van der Waals surface area contributed by atoms with E-state index in [2.05, 4.69) is 31.2 Å². The Morgan fingerprint density at radius 3 is 2.48 bits per heavy atom. The van der Waals surface area contributed by atoms with Crippen LogP contribution in [0.25, 0.3) is 11.0 Å². The van der Waals surface area contributed by atoms with Gasteiger partial charge in [0, 0.05) is 40.8 Å². The number of rotatable bonds is 8. The number of hydrogen-bond acceptors (Lipinski definition) is 4. The van der Waals surface area contributed by atoms with Gasteiger partial charge in [0.25, 0.3) is 0 Å². The maximum Gasteiger partial charge on any atom is 0.242 e. The Bertz CT molecular complexity index is 1150. The molecule has 1 heterocycles. The second-order valence-electron chi connectivity index (χ2n) is 7.44. The summed E-state index contributed by atoms with van der Waals surface area (Å²) in [6.45, 7) is 4.22. The number of guanidine groups is 1. The molecule has 0 bridgehead atoms. The fourth-order valence-electron chi connectivity index (χ4n) is 3.32. The predicted octanol–water partition coefficient (Wildman–Crippen LogP) is 2.35. The Balaban J connectivity index is 1.48. The molecule has 0 aliphatic carbocycles. The number of fused-ring (bicyclic) bond motifs is 1. The molecule has 0 radical (unpaired) electrons. The minimum absolute atomic E-state index is 0.283. The van der Waals surface area contributed by atoms with Gasteiger partial charge in [-0.25, -0.2) is 17.7 Å². The highest BCUT2D eigenvalue weighted by molar-refractivity contribution is 7.89. The molecule has 1 aromatic heterocycles. The largest absolute Gasteiger partial charge is 0.356 e. The fourth-order valence-corrected chi connectivity index (χ4v) is 4.22. The Kier molecular flexibility index (Phi) is 7.29. The van der Waals surface area contributed by atoms with Crippen molar-refractivity contribution in [3.05, 3.63) is 59.9 Å². The number of benzene rings is 2. The molecule has 0 saturated carbocycles. The molecule has 3 aromatic rings. The van der Waals surface area contributed by atoms with E-state index in [-0.39, 0.29) is 4.90 Å². The van der Waals surface area contributed by atoms with Crippen molar-refractivity contribution in [3.8, 4) is 0 Å². The topological polar surface area (TPSA) is 91.6 Å². The number of sulfonamides is 1. The first-order valence-electron chi connectivity index (χ1n) is 10.2. The average Bonchev–Trinajstić information content (AvgIpc) is 3.08. The van der Waals surface area contributed by atoms with Crippen molar-refractivity contribution < 1.29 is 8.42 Å². The number of hydrogen-bond donors (Lipinski definition) is 2. The van der Waals surface area contributed by atoms with Crippen LogP contribution in [0.4, 0.5) is 0 Å². The fraction of sp³-hybridized carbons (Fsp3) is 0.364. The van der Waals surface area contributed by atoms with Crippen molar-refractivity contribution in [3.63, 3.8) is 0 Å². The maximum absolute atomic E-state index is 12.2. The average molecular weight is 443 g/mol. The SMILES string of the molecule is CN=C(NCCCn1c(C)nc2ccccc21)NCc1ccc(S(=O)(=O)N(C)C)cc1. The predicted molar refractivity (Wildman–Crippen MR) is 125 cm³/mol. The van der Waals surface area contributed by atoms with Crippen LogP contribution in [0.15, 0.2) is 58.4 Å². The first kappa shape index (κ1) is 22.8. The highest BCUT2D eigenvalue weighted by Gasteiger charge is 2.16. The third kappa shape index (κ3) is 5.42. The van der Waals surface area contributed by atoms with Gasteiger partial charge in [-0.05, 0) is 43.2 Å². The van der Waals surface area contributed by atoms with Gasteiger partial charge in [-0.15, -0.1) is 0 Å². The van der Waals surface area contributed by atoms with Crippen molar-refractivity contribution in [2.45, 2.75) is 31.3 Å². The van der Waals surface area contributed by atoms with Crippen molar-refractivity contribution in [2.75, 3.05) is 27.7 Å². The quantitative estimate of drug-likeness (QED) is 0.317. The summed E-state index contributed by atoms with van der Waals surface area (Å²) in [5, 5.41) is 6.58. The van der Waals surface area contributed by atoms with E-state index in [1.54, 1.807) is 19.2 Å². The van der Waals surface area contributed by atoms with Gasteiger partial charge in [0.2, 0.25) is 10.0 Å². The molecule has 166 valence electrons. The van der Waals surface area contributed by atoms with Crippen LogP contribution in [0, 0.1) is 6.92 Å². The maximum atomic E-state index is 12.2. The van der Waals surface area contributed by atoms with Crippen LogP contribution >= 0.6 is 0 Å². The lowest BCUT2D eigenvalue weighted by Gasteiger charge is -2.14. The van der Waals surface area contributed by atoms with Crippen LogP contribution in [-0.2, 0) is 23.1 Å². The summed E-state index contributed by atoms with van der Waals surface area (Å²) in [6.07, 6.45) is 0.930. The van der Waals surface area contributed by atoms with E-state index in [1.165, 1.54) is 18.4 Å². The van der Waals surface area contributed by atoms with E-state index in [4.69, 9.17) is 0 Å². The van der Waals surface area contributed by atoms with E-state index in [1.807, 2.05) is 37.3 Å². The lowest BCUT2D eigenvalue weighted by atomic mass is 10.2. The molecule has 0 aliphatic heterocycles. The van der Waals surface area contributed by atoms with Crippen LogP contribution in [0.1, 0.15) is 17.8 Å². The summed E-state index contributed by atoms with van der Waals surface area (Å²) in [7, 11) is 1.37. The molecule has 0 saturated heterocycles. The van der Waals surface area contributed by atoms with Crippen molar-refractivity contribution >= 4 is 27.0 Å². The number of nitrogens with one attached hydrogen (secondary N) is 2. The summed E-state index contributed by atoms with van der Waals surface area (Å²) < 4.78 is 27.8. The molecule has 9 heteroatoms. The van der Waals surface area contributed by atoms with Gasteiger partial charge >= 0.3 is 0 Å². The van der Waals surface area contributed by atoms with Crippen LogP contribution in [0.2, 0.25) is 0 Å². The summed E-state index contributed by atoms with van der Waals surface area (Å²) >= 11 is 0. The summed E-state index contributed by atoms with van der Waals surface area (Å²) in [4.78, 5) is 9.14. The second-order valence-corrected chi connectivity index (χ2v) is 9.59. The summed E-state index contributed by atoms with van der Waals surface area (Å²) in [5.74, 6) is 1.72. The van der Waals surface area contributed by atoms with Gasteiger partial charge in [-0.2, -0.15) is 0 Å². The van der Waals surface area contributed by atoms with Crippen LogP contribution in [-0.4, -0.2) is 55.9 Å². The van der Waals surface area contributed by atoms with Gasteiger partial charge in [-0.3, -0.25) is 4.99 Å². The number of imidazole rings is 1. The highest BCUT2D eigenvalue weighted by atomic mass is 32.2. The summed E-state index contributed by atoms with van der Waals surface area (Å²) in [6, 6.07) is 15.0. The van der Waals surface area contributed by atoms with Crippen molar-refractivity contribution in [1.29, 1.82) is 0 Å². The van der Waals surface area contributed by atoms with E-state index < -0.39 is 10.0 Å². The van der Waals surface area contributed by atoms with E-state index in [9.17, 15) is 8.42 Å². The van der Waals surface area contributed by atoms with E-state index in [0.717, 1.165) is 41.9 Å². The van der Waals surface area contributed by atoms with Gasteiger partial charge in [0.1, 0.15) is 5.82 Å². The number of aromatic nitrogens is 2. The number of nitrogens with zero attached hydrogens (tertiary/aromatic N) is 4. The van der Waals surface area contributed by atoms with Gasteiger partial charge < -0.3 is 15.2 Å². The standard InChI is InChI=1S/C22H30N6O2S/c1-17-26-20-8-5-6-9-21(20)28(17)15-7-14-24-22(23-2)25-16-18-10-12-19(13-11-18)31(29,30)27(3)4/h5-6,8-13H,7,14-16H2,1-4H3,(H2,23,24,25). The van der Waals surface area contributed by atoms with E-state index >= 15 is 0 Å². The van der Waals surface area contributed by atoms with Gasteiger partial charge in [-0.1, -0.05) is 24.3 Å². The highest BCUT2D eigenvalue weighted by Crippen LogP contribution is 2.16. The molecule has 31 heavy (non-hydrogen) atoms. The number of aliphatic imine (C=N–C) groups is 1. The van der Waals surface area contributed by atoms with Gasteiger partial charge in [0.05, 0.1) is 15.9 Å². The van der Waals surface area contributed by atoms with E-state index in [0.29, 0.717) is 12.5 Å². The zero-order valence-electron chi connectivity index (χ0n) is 18.5. The Hall–Kier alpha value is -2.91. The zero-order chi connectivity index (χ0) is 22.4. The number of para-hydroxylation sites is 2. The molecule has 0 unspecified atom stereocenters. The minimum atomic E-state index is -3.41. The Morgan fingerprint density at radius 1 is 1.10 bits per heavy atom. The molecular formula is C22H30N6O2S. The molecular weight excluding hydrogens is 412 g/mol. The molecule has 8 nitrogen and oxygen atoms in total.